The average molecular weight is 509 g/mol. The van der Waals surface area contributed by atoms with Gasteiger partial charge in [0.1, 0.15) is 5.75 Å². The summed E-state index contributed by atoms with van der Waals surface area (Å²) in [7, 11) is 1.73. The van der Waals surface area contributed by atoms with Crippen LogP contribution in [0.25, 0.3) is 10.1 Å². The van der Waals surface area contributed by atoms with Crippen LogP contribution in [0, 0.1) is 17.2 Å². The number of rotatable bonds is 4. The van der Waals surface area contributed by atoms with Crippen LogP contribution in [-0.4, -0.2) is 55.0 Å². The van der Waals surface area contributed by atoms with Crippen LogP contribution in [-0.2, 0) is 6.42 Å². The number of hydrogen-bond acceptors (Lipinski definition) is 6. The summed E-state index contributed by atoms with van der Waals surface area (Å²) in [6.45, 7) is 2.99. The molecule has 1 saturated heterocycles. The average Bonchev–Trinajstić information content (AvgIpc) is 3.44. The summed E-state index contributed by atoms with van der Waals surface area (Å²) >= 11 is 1.39. The molecule has 3 heterocycles. The Morgan fingerprint density at radius 2 is 2.06 bits per heavy atom. The van der Waals surface area contributed by atoms with E-state index >= 15 is 0 Å². The van der Waals surface area contributed by atoms with E-state index in [-0.39, 0.29) is 24.3 Å². The number of carbonyl (C=O) groups excluding carboxylic acids is 2. The van der Waals surface area contributed by atoms with Crippen molar-refractivity contribution in [1.82, 2.24) is 9.80 Å². The van der Waals surface area contributed by atoms with Gasteiger partial charge in [0.15, 0.2) is 10.6 Å². The number of imide groups is 1. The number of halogens is 1. The van der Waals surface area contributed by atoms with E-state index in [1.165, 1.54) is 27.4 Å². The highest BCUT2D eigenvalue weighted by atomic mass is 35.5. The number of urea groups is 1. The number of ether oxygens (including phenoxy) is 1. The van der Waals surface area contributed by atoms with Gasteiger partial charge in [0, 0.05) is 36.8 Å². The summed E-state index contributed by atoms with van der Waals surface area (Å²) in [6, 6.07) is 13.6. The van der Waals surface area contributed by atoms with Gasteiger partial charge < -0.3 is 22.0 Å². The molecule has 0 bridgehead atoms. The Bertz CT molecular complexity index is 1380. The predicted octanol–water partition coefficient (Wildman–Crippen LogP) is 0.218. The van der Waals surface area contributed by atoms with Crippen molar-refractivity contribution in [1.29, 1.82) is 5.26 Å². The second-order valence-corrected chi connectivity index (χ2v) is 10.4. The molecule has 2 atom stereocenters. The number of carbonyl (C=O) groups is 2. The fourth-order valence-corrected chi connectivity index (χ4v) is 6.98. The SMILES string of the molecule is COc1cccc2c1CC[C@H]1CN(CCN3C(=O)[NH2+]c4c(sc5ccc(C#N)cc45)C3=O)C[C@@H]21.[Cl-]. The van der Waals surface area contributed by atoms with Crippen molar-refractivity contribution in [2.24, 2.45) is 5.92 Å². The van der Waals surface area contributed by atoms with E-state index in [0.717, 1.165) is 41.8 Å². The van der Waals surface area contributed by atoms with Gasteiger partial charge in [-0.05, 0) is 54.2 Å². The van der Waals surface area contributed by atoms with Gasteiger partial charge in [-0.3, -0.25) is 4.79 Å². The molecule has 0 unspecified atom stereocenters. The number of primary amides is 1. The van der Waals surface area contributed by atoms with E-state index in [1.807, 2.05) is 12.1 Å². The molecule has 0 spiro atoms. The number of thiophene rings is 1. The van der Waals surface area contributed by atoms with Gasteiger partial charge in [-0.15, -0.1) is 11.3 Å². The number of nitrogens with zero attached hydrogens (tertiary/aromatic N) is 3. The van der Waals surface area contributed by atoms with E-state index in [0.29, 0.717) is 41.1 Å². The minimum atomic E-state index is -0.272. The molecular weight excluding hydrogens is 484 g/mol. The number of fused-ring (bicyclic) bond motifs is 6. The lowest BCUT2D eigenvalue weighted by atomic mass is 9.77. The maximum atomic E-state index is 13.2. The number of nitriles is 1. The fourth-order valence-electron chi connectivity index (χ4n) is 5.87. The molecular formula is C26H25ClN4O3S. The molecule has 0 saturated carbocycles. The first kappa shape index (κ1) is 23.8. The first-order valence-corrected chi connectivity index (χ1v) is 12.4. The van der Waals surface area contributed by atoms with Crippen molar-refractivity contribution in [3.05, 3.63) is 58.0 Å². The van der Waals surface area contributed by atoms with Gasteiger partial charge in [0.25, 0.3) is 5.91 Å². The first-order chi connectivity index (χ1) is 16.6. The summed E-state index contributed by atoms with van der Waals surface area (Å²) in [6.07, 6.45) is 2.17. The zero-order chi connectivity index (χ0) is 23.4. The molecule has 6 rings (SSSR count). The summed E-state index contributed by atoms with van der Waals surface area (Å²) in [5, 5.41) is 11.6. The van der Waals surface area contributed by atoms with E-state index in [2.05, 4.69) is 23.1 Å². The third-order valence-electron chi connectivity index (χ3n) is 7.54. The zero-order valence-corrected chi connectivity index (χ0v) is 20.9. The Hall–Kier alpha value is -2.96. The number of likely N-dealkylation sites (tertiary alicyclic amines) is 1. The van der Waals surface area contributed by atoms with E-state index in [1.54, 1.807) is 24.6 Å². The molecule has 180 valence electrons. The van der Waals surface area contributed by atoms with Crippen LogP contribution in [0.1, 0.15) is 38.7 Å². The van der Waals surface area contributed by atoms with Crippen LogP contribution in [0.3, 0.4) is 0 Å². The maximum absolute atomic E-state index is 13.2. The summed E-state index contributed by atoms with van der Waals surface area (Å²) in [5.41, 5.74) is 3.91. The predicted molar refractivity (Wildman–Crippen MR) is 129 cm³/mol. The van der Waals surface area contributed by atoms with E-state index in [9.17, 15) is 14.9 Å². The van der Waals surface area contributed by atoms with Gasteiger partial charge in [-0.2, -0.15) is 5.26 Å². The van der Waals surface area contributed by atoms with Crippen LogP contribution in [0.2, 0.25) is 0 Å². The van der Waals surface area contributed by atoms with Crippen LogP contribution in [0.15, 0.2) is 36.4 Å². The third kappa shape index (κ3) is 3.89. The molecule has 1 fully saturated rings. The second kappa shape index (κ2) is 9.25. The molecule has 7 nitrogen and oxygen atoms in total. The smallest absolute Gasteiger partial charge is 0.428 e. The Morgan fingerprint density at radius 3 is 2.86 bits per heavy atom. The first-order valence-electron chi connectivity index (χ1n) is 11.6. The largest absolute Gasteiger partial charge is 1.00 e. The lowest BCUT2D eigenvalue weighted by Gasteiger charge is -2.28. The molecule has 3 aliphatic rings. The van der Waals surface area contributed by atoms with Gasteiger partial charge in [-0.1, -0.05) is 12.1 Å². The molecule has 2 aromatic carbocycles. The van der Waals surface area contributed by atoms with Gasteiger partial charge in [0.2, 0.25) is 0 Å². The molecule has 2 N–H and O–H groups in total. The molecule has 0 radical (unpaired) electrons. The van der Waals surface area contributed by atoms with Gasteiger partial charge >= 0.3 is 6.03 Å². The topological polar surface area (TPSA) is 90.2 Å². The molecule has 3 amide bonds. The molecule has 1 aliphatic carbocycles. The van der Waals surface area contributed by atoms with Crippen LogP contribution in [0.5, 0.6) is 5.75 Å². The molecule has 9 heteroatoms. The lowest BCUT2D eigenvalue weighted by molar-refractivity contribution is -0.471. The van der Waals surface area contributed by atoms with E-state index < -0.39 is 0 Å². The minimum Gasteiger partial charge on any atom is -1.00 e. The van der Waals surface area contributed by atoms with Crippen molar-refractivity contribution in [2.75, 3.05) is 33.3 Å². The summed E-state index contributed by atoms with van der Waals surface area (Å²) in [5.74, 6) is 1.83. The van der Waals surface area contributed by atoms with Crippen molar-refractivity contribution < 1.29 is 32.0 Å². The zero-order valence-electron chi connectivity index (χ0n) is 19.3. The minimum absolute atomic E-state index is 0. The number of methoxy groups -OCH3 is 1. The maximum Gasteiger partial charge on any atom is 0.428 e. The molecule has 1 aromatic heterocycles. The standard InChI is InChI=1S/C26H24N4O3S.ClH/c1-33-21-4-2-3-17-18(21)7-6-16-13-29(14-20(16)17)9-10-30-25(31)24-23(28-26(30)32)19-11-15(12-27)5-8-22(19)34-24;/h2-5,8,11,16,20H,6-7,9-10,13-14H2,1H3,(H,28,32);1H/t16-,20+;/m0./s1. The Labute approximate surface area is 213 Å². The van der Waals surface area contributed by atoms with Gasteiger partial charge in [-0.25, -0.2) is 15.0 Å². The van der Waals surface area contributed by atoms with Crippen molar-refractivity contribution in [2.45, 2.75) is 18.8 Å². The second-order valence-electron chi connectivity index (χ2n) is 9.30. The van der Waals surface area contributed by atoms with E-state index in [4.69, 9.17) is 4.74 Å². The van der Waals surface area contributed by atoms with Crippen molar-refractivity contribution in [3.63, 3.8) is 0 Å². The molecule has 2 aliphatic heterocycles. The van der Waals surface area contributed by atoms with Crippen LogP contribution >= 0.6 is 11.3 Å². The monoisotopic (exact) mass is 508 g/mol. The number of quaternary nitrogens is 1. The number of benzene rings is 2. The Kier molecular flexibility index (Phi) is 6.28. The molecule has 35 heavy (non-hydrogen) atoms. The third-order valence-corrected chi connectivity index (χ3v) is 8.71. The Morgan fingerprint density at radius 1 is 1.20 bits per heavy atom. The quantitative estimate of drug-likeness (QED) is 0.544. The normalized spacial score (nSPS) is 21.2. The Balaban J connectivity index is 0.00000253. The number of amides is 3. The van der Waals surface area contributed by atoms with Crippen molar-refractivity contribution in [3.8, 4) is 11.8 Å². The summed E-state index contributed by atoms with van der Waals surface area (Å²) < 4.78 is 6.51. The van der Waals surface area contributed by atoms with Crippen LogP contribution in [0.4, 0.5) is 10.5 Å². The fraction of sp³-hybridized carbons (Fsp3) is 0.346. The van der Waals surface area contributed by atoms with Crippen LogP contribution < -0.4 is 22.5 Å². The van der Waals surface area contributed by atoms with Gasteiger partial charge in [0.05, 0.1) is 24.1 Å². The lowest BCUT2D eigenvalue weighted by Crippen LogP contribution is -3.00. The summed E-state index contributed by atoms with van der Waals surface area (Å²) in [4.78, 5) is 30.5. The number of nitrogens with two attached hydrogens (primary N) is 1. The highest BCUT2D eigenvalue weighted by molar-refractivity contribution is 7.21. The highest BCUT2D eigenvalue weighted by Gasteiger charge is 2.41. The highest BCUT2D eigenvalue weighted by Crippen LogP contribution is 2.44. The molecule has 3 aromatic rings. The van der Waals surface area contributed by atoms with Crippen molar-refractivity contribution >= 4 is 39.0 Å². The number of hydrogen-bond donors (Lipinski definition) is 1.